The van der Waals surface area contributed by atoms with Crippen LogP contribution in [0.4, 0.5) is 5.69 Å². The van der Waals surface area contributed by atoms with Crippen LogP contribution in [0, 0.1) is 13.8 Å². The molecule has 0 aliphatic carbocycles. The van der Waals surface area contributed by atoms with Gasteiger partial charge in [-0.1, -0.05) is 24.2 Å². The lowest BCUT2D eigenvalue weighted by atomic mass is 10.1. The summed E-state index contributed by atoms with van der Waals surface area (Å²) in [5.74, 6) is 0.215. The highest BCUT2D eigenvalue weighted by Crippen LogP contribution is 2.16. The topological polar surface area (TPSA) is 90.0 Å². The molecule has 0 unspecified atom stereocenters. The lowest BCUT2D eigenvalue weighted by molar-refractivity contribution is -0.117. The minimum Gasteiger partial charge on any atom is -0.360 e. The molecule has 1 amide bonds. The van der Waals surface area contributed by atoms with Crippen molar-refractivity contribution in [3.63, 3.8) is 0 Å². The number of aryl methyl sites for hydroxylation is 3. The van der Waals surface area contributed by atoms with Crippen molar-refractivity contribution in [3.8, 4) is 0 Å². The number of anilines is 1. The number of nitrogens with one attached hydrogen (secondary N) is 1. The van der Waals surface area contributed by atoms with Gasteiger partial charge in [0.15, 0.2) is 5.52 Å². The van der Waals surface area contributed by atoms with Gasteiger partial charge in [-0.2, -0.15) is 5.10 Å². The third-order valence-corrected chi connectivity index (χ3v) is 3.87. The Hall–Kier alpha value is -2.96. The smallest absolute Gasteiger partial charge is 0.297 e. The molecule has 0 atom stereocenters. The predicted octanol–water partition coefficient (Wildman–Crippen LogP) is 2.20. The van der Waals surface area contributed by atoms with Crippen molar-refractivity contribution in [2.75, 3.05) is 5.32 Å². The average Bonchev–Trinajstić information content (AvgIpc) is 2.95. The number of carbonyl (C=O) groups excluding carboxylic acids is 1. The van der Waals surface area contributed by atoms with E-state index in [2.05, 4.69) is 22.5 Å². The molecule has 0 bridgehead atoms. The quantitative estimate of drug-likeness (QED) is 0.794. The molecule has 7 nitrogen and oxygen atoms in total. The van der Waals surface area contributed by atoms with Gasteiger partial charge < -0.3 is 9.84 Å². The van der Waals surface area contributed by atoms with Crippen LogP contribution in [0.2, 0.25) is 0 Å². The van der Waals surface area contributed by atoms with Crippen molar-refractivity contribution >= 4 is 22.5 Å². The Labute approximate surface area is 138 Å². The molecule has 0 aliphatic rings. The number of hydrogen-bond donors (Lipinski definition) is 1. The third-order valence-electron chi connectivity index (χ3n) is 3.87. The standard InChI is InChI=1S/C17H18N4O3/c1-4-12-5-7-13(8-6-12)18-14(22)9-21-17(23)16-15(10(2)19-21)11(3)24-20-16/h5-8H,4,9H2,1-3H3,(H,18,22). The summed E-state index contributed by atoms with van der Waals surface area (Å²) in [6.07, 6.45) is 0.934. The van der Waals surface area contributed by atoms with Gasteiger partial charge in [0.1, 0.15) is 12.3 Å². The Balaban J connectivity index is 1.82. The Bertz CT molecular complexity index is 954. The first-order chi connectivity index (χ1) is 11.5. The molecule has 0 saturated carbocycles. The molecule has 24 heavy (non-hydrogen) atoms. The molecule has 0 saturated heterocycles. The molecular weight excluding hydrogens is 308 g/mol. The van der Waals surface area contributed by atoms with Gasteiger partial charge >= 0.3 is 0 Å². The Morgan fingerprint density at radius 2 is 1.96 bits per heavy atom. The summed E-state index contributed by atoms with van der Waals surface area (Å²) >= 11 is 0. The first-order valence-electron chi connectivity index (χ1n) is 7.72. The van der Waals surface area contributed by atoms with Crippen LogP contribution >= 0.6 is 0 Å². The van der Waals surface area contributed by atoms with Crippen LogP contribution in [0.1, 0.15) is 23.9 Å². The number of amides is 1. The maximum Gasteiger partial charge on any atom is 0.297 e. The van der Waals surface area contributed by atoms with Crippen LogP contribution in [0.3, 0.4) is 0 Å². The van der Waals surface area contributed by atoms with Gasteiger partial charge in [0, 0.05) is 5.69 Å². The predicted molar refractivity (Wildman–Crippen MR) is 90.0 cm³/mol. The minimum absolute atomic E-state index is 0.183. The van der Waals surface area contributed by atoms with Gasteiger partial charge in [0.25, 0.3) is 5.56 Å². The molecule has 1 aromatic carbocycles. The first-order valence-corrected chi connectivity index (χ1v) is 7.72. The zero-order chi connectivity index (χ0) is 17.3. The van der Waals surface area contributed by atoms with E-state index in [1.165, 1.54) is 5.56 Å². The van der Waals surface area contributed by atoms with Gasteiger partial charge in [-0.15, -0.1) is 0 Å². The van der Waals surface area contributed by atoms with E-state index in [-0.39, 0.29) is 18.0 Å². The van der Waals surface area contributed by atoms with E-state index in [1.807, 2.05) is 24.3 Å². The summed E-state index contributed by atoms with van der Waals surface area (Å²) in [6, 6.07) is 7.58. The highest BCUT2D eigenvalue weighted by molar-refractivity contribution is 5.90. The third kappa shape index (κ3) is 2.92. The highest BCUT2D eigenvalue weighted by atomic mass is 16.5. The van der Waals surface area contributed by atoms with E-state index < -0.39 is 5.56 Å². The normalized spacial score (nSPS) is 11.0. The van der Waals surface area contributed by atoms with E-state index >= 15 is 0 Å². The largest absolute Gasteiger partial charge is 0.360 e. The minimum atomic E-state index is -0.441. The fourth-order valence-corrected chi connectivity index (χ4v) is 2.61. The zero-order valence-corrected chi connectivity index (χ0v) is 13.8. The molecule has 0 spiro atoms. The number of hydrogen-bond acceptors (Lipinski definition) is 5. The van der Waals surface area contributed by atoms with E-state index in [0.717, 1.165) is 11.1 Å². The molecule has 124 valence electrons. The summed E-state index contributed by atoms with van der Waals surface area (Å²) in [6.45, 7) is 5.36. The van der Waals surface area contributed by atoms with Gasteiger partial charge in [-0.25, -0.2) is 4.68 Å². The number of carbonyl (C=O) groups is 1. The zero-order valence-electron chi connectivity index (χ0n) is 13.8. The van der Waals surface area contributed by atoms with Gasteiger partial charge in [0.2, 0.25) is 5.91 Å². The Morgan fingerprint density at radius 3 is 2.62 bits per heavy atom. The second-order valence-corrected chi connectivity index (χ2v) is 5.61. The van der Waals surface area contributed by atoms with Gasteiger partial charge in [0.05, 0.1) is 11.1 Å². The van der Waals surface area contributed by atoms with Crippen molar-refractivity contribution < 1.29 is 9.32 Å². The highest BCUT2D eigenvalue weighted by Gasteiger charge is 2.16. The maximum atomic E-state index is 12.4. The van der Waals surface area contributed by atoms with Crippen LogP contribution in [-0.2, 0) is 17.8 Å². The number of benzene rings is 1. The number of aromatic nitrogens is 3. The molecule has 3 rings (SSSR count). The van der Waals surface area contributed by atoms with E-state index in [0.29, 0.717) is 22.5 Å². The lowest BCUT2D eigenvalue weighted by Gasteiger charge is -2.08. The second kappa shape index (κ2) is 6.27. The number of fused-ring (bicyclic) bond motifs is 1. The maximum absolute atomic E-state index is 12.4. The number of rotatable bonds is 4. The fourth-order valence-electron chi connectivity index (χ4n) is 2.61. The van der Waals surface area contributed by atoms with Crippen molar-refractivity contribution in [2.45, 2.75) is 33.7 Å². The molecule has 3 aromatic rings. The Kier molecular flexibility index (Phi) is 4.16. The van der Waals surface area contributed by atoms with Crippen molar-refractivity contribution in [2.24, 2.45) is 0 Å². The summed E-state index contributed by atoms with van der Waals surface area (Å²) in [7, 11) is 0. The lowest BCUT2D eigenvalue weighted by Crippen LogP contribution is -2.30. The van der Waals surface area contributed by atoms with Gasteiger partial charge in [-0.05, 0) is 38.0 Å². The molecule has 2 heterocycles. The van der Waals surface area contributed by atoms with Gasteiger partial charge in [-0.3, -0.25) is 9.59 Å². The van der Waals surface area contributed by atoms with Crippen LogP contribution in [0.5, 0.6) is 0 Å². The van der Waals surface area contributed by atoms with Crippen LogP contribution in [0.15, 0.2) is 33.6 Å². The molecule has 2 aromatic heterocycles. The molecule has 0 fully saturated rings. The van der Waals surface area contributed by atoms with Crippen molar-refractivity contribution in [1.82, 2.24) is 14.9 Å². The van der Waals surface area contributed by atoms with Crippen molar-refractivity contribution in [3.05, 3.63) is 51.6 Å². The SMILES string of the molecule is CCc1ccc(NC(=O)Cn2nc(C)c3c(C)onc3c2=O)cc1. The summed E-state index contributed by atoms with van der Waals surface area (Å²) in [5.41, 5.74) is 2.22. The first kappa shape index (κ1) is 15.9. The van der Waals surface area contributed by atoms with E-state index in [4.69, 9.17) is 4.52 Å². The second-order valence-electron chi connectivity index (χ2n) is 5.61. The summed E-state index contributed by atoms with van der Waals surface area (Å²) in [5, 5.41) is 11.3. The molecular formula is C17H18N4O3. The van der Waals surface area contributed by atoms with Crippen LogP contribution in [0.25, 0.3) is 10.9 Å². The number of nitrogens with zero attached hydrogens (tertiary/aromatic N) is 3. The monoisotopic (exact) mass is 326 g/mol. The fraction of sp³-hybridized carbons (Fsp3) is 0.294. The summed E-state index contributed by atoms with van der Waals surface area (Å²) < 4.78 is 6.16. The molecule has 0 aliphatic heterocycles. The van der Waals surface area contributed by atoms with Crippen molar-refractivity contribution in [1.29, 1.82) is 0 Å². The van der Waals surface area contributed by atoms with Crippen LogP contribution in [-0.4, -0.2) is 20.8 Å². The van der Waals surface area contributed by atoms with E-state index in [1.54, 1.807) is 13.8 Å². The summed E-state index contributed by atoms with van der Waals surface area (Å²) in [4.78, 5) is 24.5. The molecule has 0 radical (unpaired) electrons. The van der Waals surface area contributed by atoms with Crippen LogP contribution < -0.4 is 10.9 Å². The molecule has 7 heteroatoms. The Morgan fingerprint density at radius 1 is 1.25 bits per heavy atom. The molecule has 1 N–H and O–H groups in total. The van der Waals surface area contributed by atoms with E-state index in [9.17, 15) is 9.59 Å². The average molecular weight is 326 g/mol.